The summed E-state index contributed by atoms with van der Waals surface area (Å²) in [6, 6.07) is 3.96. The van der Waals surface area contributed by atoms with Crippen LogP contribution in [0.2, 0.25) is 0 Å². The lowest BCUT2D eigenvalue weighted by atomic mass is 10.1. The maximum absolute atomic E-state index is 13.8. The number of nitrogens with one attached hydrogen (secondary N) is 1. The Balaban J connectivity index is 2.70. The highest BCUT2D eigenvalue weighted by atomic mass is 32.2. The van der Waals surface area contributed by atoms with Gasteiger partial charge in [0.2, 0.25) is 0 Å². The van der Waals surface area contributed by atoms with E-state index in [1.54, 1.807) is 11.8 Å². The number of hydrogen-bond donors (Lipinski definition) is 2. The quantitative estimate of drug-likeness (QED) is 0.760. The summed E-state index contributed by atoms with van der Waals surface area (Å²) in [4.78, 5) is 22.3. The third-order valence-electron chi connectivity index (χ3n) is 2.73. The van der Waals surface area contributed by atoms with Crippen LogP contribution in [0.4, 0.5) is 4.39 Å². The molecule has 0 fully saturated rings. The predicted octanol–water partition coefficient (Wildman–Crippen LogP) is 2.65. The number of carboxylic acids is 1. The average molecular weight is 311 g/mol. The highest BCUT2D eigenvalue weighted by Gasteiger charge is 2.10. The average Bonchev–Trinajstić information content (AvgIpc) is 2.43. The zero-order valence-corrected chi connectivity index (χ0v) is 12.7. The first-order chi connectivity index (χ1) is 9.93. The predicted molar refractivity (Wildman–Crippen MR) is 82.9 cm³/mol. The van der Waals surface area contributed by atoms with Gasteiger partial charge in [0, 0.05) is 23.7 Å². The Bertz CT molecular complexity index is 546. The van der Waals surface area contributed by atoms with Gasteiger partial charge in [0.1, 0.15) is 5.82 Å². The Hall–Kier alpha value is -1.82. The summed E-state index contributed by atoms with van der Waals surface area (Å²) in [5.74, 6) is -0.841. The molecule has 0 aliphatic rings. The fourth-order valence-electron chi connectivity index (χ4n) is 1.68. The van der Waals surface area contributed by atoms with E-state index in [1.807, 2.05) is 13.2 Å². The van der Waals surface area contributed by atoms with Crippen LogP contribution in [0.15, 0.2) is 24.3 Å². The van der Waals surface area contributed by atoms with Gasteiger partial charge in [-0.05, 0) is 36.1 Å². The SMILES string of the molecule is CSCC(C)CNC(=O)c1ccc(C=CC(=O)O)c(F)c1. The van der Waals surface area contributed by atoms with Gasteiger partial charge in [0.25, 0.3) is 5.91 Å². The minimum absolute atomic E-state index is 0.129. The summed E-state index contributed by atoms with van der Waals surface area (Å²) in [5, 5.41) is 11.2. The molecule has 0 saturated carbocycles. The monoisotopic (exact) mass is 311 g/mol. The maximum Gasteiger partial charge on any atom is 0.328 e. The molecule has 0 aliphatic heterocycles. The molecule has 0 aromatic heterocycles. The number of hydrogen-bond acceptors (Lipinski definition) is 3. The van der Waals surface area contributed by atoms with Crippen molar-refractivity contribution in [2.24, 2.45) is 5.92 Å². The molecule has 21 heavy (non-hydrogen) atoms. The number of rotatable bonds is 7. The van der Waals surface area contributed by atoms with Crippen molar-refractivity contribution in [3.8, 4) is 0 Å². The first-order valence-corrected chi connectivity index (χ1v) is 7.81. The van der Waals surface area contributed by atoms with Gasteiger partial charge in [0.15, 0.2) is 0 Å². The van der Waals surface area contributed by atoms with E-state index in [0.717, 1.165) is 24.0 Å². The molecular formula is C15H18FNO3S. The van der Waals surface area contributed by atoms with Gasteiger partial charge in [-0.3, -0.25) is 4.79 Å². The van der Waals surface area contributed by atoms with Gasteiger partial charge < -0.3 is 10.4 Å². The fraction of sp³-hybridized carbons (Fsp3) is 0.333. The topological polar surface area (TPSA) is 66.4 Å². The molecule has 0 bridgehead atoms. The highest BCUT2D eigenvalue weighted by Crippen LogP contribution is 2.12. The van der Waals surface area contributed by atoms with Gasteiger partial charge >= 0.3 is 5.97 Å². The van der Waals surface area contributed by atoms with Gasteiger partial charge in [-0.25, -0.2) is 9.18 Å². The molecule has 1 aromatic carbocycles. The molecule has 114 valence electrons. The second-order valence-electron chi connectivity index (χ2n) is 4.68. The molecule has 4 nitrogen and oxygen atoms in total. The molecule has 0 aliphatic carbocycles. The number of amides is 1. The van der Waals surface area contributed by atoms with Crippen LogP contribution >= 0.6 is 11.8 Å². The third-order valence-corrected chi connectivity index (χ3v) is 3.63. The van der Waals surface area contributed by atoms with Crippen LogP contribution in [0.3, 0.4) is 0 Å². The van der Waals surface area contributed by atoms with Crippen LogP contribution in [0.1, 0.15) is 22.8 Å². The number of carbonyl (C=O) groups excluding carboxylic acids is 1. The van der Waals surface area contributed by atoms with E-state index in [0.29, 0.717) is 12.5 Å². The summed E-state index contributed by atoms with van der Waals surface area (Å²) in [6.07, 6.45) is 4.00. The molecule has 2 N–H and O–H groups in total. The largest absolute Gasteiger partial charge is 0.478 e. The lowest BCUT2D eigenvalue weighted by Gasteiger charge is -2.11. The smallest absolute Gasteiger partial charge is 0.328 e. The van der Waals surface area contributed by atoms with Crippen molar-refractivity contribution >= 4 is 29.7 Å². The Morgan fingerprint density at radius 1 is 1.48 bits per heavy atom. The van der Waals surface area contributed by atoms with Crippen molar-refractivity contribution in [1.29, 1.82) is 0 Å². The molecule has 1 amide bonds. The first-order valence-electron chi connectivity index (χ1n) is 6.41. The van der Waals surface area contributed by atoms with E-state index in [4.69, 9.17) is 5.11 Å². The molecule has 1 unspecified atom stereocenters. The number of aliphatic carboxylic acids is 1. The zero-order chi connectivity index (χ0) is 15.8. The maximum atomic E-state index is 13.8. The fourth-order valence-corrected chi connectivity index (χ4v) is 2.36. The van der Waals surface area contributed by atoms with Crippen LogP contribution in [-0.2, 0) is 4.79 Å². The van der Waals surface area contributed by atoms with E-state index in [2.05, 4.69) is 5.32 Å². The normalized spacial score (nSPS) is 12.3. The van der Waals surface area contributed by atoms with Gasteiger partial charge in [-0.1, -0.05) is 13.0 Å². The molecule has 1 rings (SSSR count). The second kappa shape index (κ2) is 8.46. The Labute approximate surface area is 127 Å². The van der Waals surface area contributed by atoms with Crippen LogP contribution in [-0.4, -0.2) is 35.5 Å². The van der Waals surface area contributed by atoms with Crippen LogP contribution in [0, 0.1) is 11.7 Å². The molecule has 0 spiro atoms. The molecule has 1 atom stereocenters. The van der Waals surface area contributed by atoms with Gasteiger partial charge in [0.05, 0.1) is 0 Å². The van der Waals surface area contributed by atoms with E-state index in [1.165, 1.54) is 12.1 Å². The minimum Gasteiger partial charge on any atom is -0.478 e. The van der Waals surface area contributed by atoms with Crippen molar-refractivity contribution in [2.75, 3.05) is 18.6 Å². The number of benzene rings is 1. The second-order valence-corrected chi connectivity index (χ2v) is 5.59. The van der Waals surface area contributed by atoms with Crippen molar-refractivity contribution < 1.29 is 19.1 Å². The Kier molecular flexibility index (Phi) is 6.94. The molecule has 0 saturated heterocycles. The van der Waals surface area contributed by atoms with Crippen molar-refractivity contribution in [1.82, 2.24) is 5.32 Å². The highest BCUT2D eigenvalue weighted by molar-refractivity contribution is 7.98. The first kappa shape index (κ1) is 17.2. The minimum atomic E-state index is -1.15. The third kappa shape index (κ3) is 5.99. The summed E-state index contributed by atoms with van der Waals surface area (Å²) < 4.78 is 13.8. The summed E-state index contributed by atoms with van der Waals surface area (Å²) in [7, 11) is 0. The summed E-state index contributed by atoms with van der Waals surface area (Å²) in [6.45, 7) is 2.55. The van der Waals surface area contributed by atoms with Crippen molar-refractivity contribution in [3.63, 3.8) is 0 Å². The van der Waals surface area contributed by atoms with Gasteiger partial charge in [-0.2, -0.15) is 11.8 Å². The molecule has 0 radical (unpaired) electrons. The van der Waals surface area contributed by atoms with Gasteiger partial charge in [-0.15, -0.1) is 0 Å². The number of thioether (sulfide) groups is 1. The number of carbonyl (C=O) groups is 2. The van der Waals surface area contributed by atoms with E-state index in [9.17, 15) is 14.0 Å². The van der Waals surface area contributed by atoms with Crippen LogP contribution in [0.25, 0.3) is 6.08 Å². The van der Waals surface area contributed by atoms with Crippen LogP contribution < -0.4 is 5.32 Å². The van der Waals surface area contributed by atoms with E-state index >= 15 is 0 Å². The zero-order valence-electron chi connectivity index (χ0n) is 11.9. The van der Waals surface area contributed by atoms with E-state index < -0.39 is 11.8 Å². The number of halogens is 1. The molecular weight excluding hydrogens is 293 g/mol. The number of carboxylic acid groups (broad SMARTS) is 1. The van der Waals surface area contributed by atoms with Crippen LogP contribution in [0.5, 0.6) is 0 Å². The Morgan fingerprint density at radius 2 is 2.19 bits per heavy atom. The molecule has 6 heteroatoms. The Morgan fingerprint density at radius 3 is 2.76 bits per heavy atom. The lowest BCUT2D eigenvalue weighted by molar-refractivity contribution is -0.131. The summed E-state index contributed by atoms with van der Waals surface area (Å²) >= 11 is 1.70. The van der Waals surface area contributed by atoms with Crippen molar-refractivity contribution in [3.05, 3.63) is 41.2 Å². The molecule has 0 heterocycles. The standard InChI is InChI=1S/C15H18FNO3S/c1-10(9-21-2)8-17-15(20)12-4-3-11(13(16)7-12)5-6-14(18)19/h3-7,10H,8-9H2,1-2H3,(H,17,20)(H,18,19). The van der Waals surface area contributed by atoms with E-state index in [-0.39, 0.29) is 17.0 Å². The molecule has 1 aromatic rings. The summed E-state index contributed by atoms with van der Waals surface area (Å²) in [5.41, 5.74) is 0.348. The van der Waals surface area contributed by atoms with Crippen molar-refractivity contribution in [2.45, 2.75) is 6.92 Å². The lowest BCUT2D eigenvalue weighted by Crippen LogP contribution is -2.29.